The maximum atomic E-state index is 12.3. The van der Waals surface area contributed by atoms with Crippen LogP contribution in [0.15, 0.2) is 12.1 Å². The van der Waals surface area contributed by atoms with E-state index in [1.807, 2.05) is 13.8 Å². The molecule has 1 aromatic carbocycles. The van der Waals surface area contributed by atoms with Crippen molar-refractivity contribution >= 4 is 17.3 Å². The lowest BCUT2D eigenvalue weighted by Crippen LogP contribution is -2.36. The molecule has 0 aliphatic carbocycles. The summed E-state index contributed by atoms with van der Waals surface area (Å²) >= 11 is 0. The summed E-state index contributed by atoms with van der Waals surface area (Å²) in [5.41, 5.74) is 6.01. The molecule has 1 aliphatic rings. The number of ketones is 2. The molecule has 0 radical (unpaired) electrons. The van der Waals surface area contributed by atoms with Crippen molar-refractivity contribution in [2.75, 3.05) is 19.5 Å². The number of ether oxygens (including phenoxy) is 2. The summed E-state index contributed by atoms with van der Waals surface area (Å²) in [6.45, 7) is 3.71. The summed E-state index contributed by atoms with van der Waals surface area (Å²) in [7, 11) is 1.44. The smallest absolute Gasteiger partial charge is 0.172 e. The van der Waals surface area contributed by atoms with E-state index in [9.17, 15) is 14.7 Å². The second-order valence-corrected chi connectivity index (χ2v) is 6.10. The minimum absolute atomic E-state index is 0.0623. The van der Waals surface area contributed by atoms with Crippen LogP contribution in [0.25, 0.3) is 0 Å². The van der Waals surface area contributed by atoms with Crippen molar-refractivity contribution in [3.63, 3.8) is 0 Å². The van der Waals surface area contributed by atoms with Crippen molar-refractivity contribution in [2.45, 2.75) is 38.4 Å². The average Bonchev–Trinajstić information content (AvgIpc) is 2.36. The van der Waals surface area contributed by atoms with Crippen LogP contribution in [0.5, 0.6) is 5.75 Å². The fraction of sp³-hybridized carbons (Fsp3) is 0.500. The van der Waals surface area contributed by atoms with Gasteiger partial charge >= 0.3 is 0 Å². The number of Topliss-reactive ketones (excluding diaryl/α,β-unsaturated/α-hetero) is 2. The van der Waals surface area contributed by atoms with Crippen LogP contribution in [0.4, 0.5) is 5.69 Å². The maximum Gasteiger partial charge on any atom is 0.172 e. The van der Waals surface area contributed by atoms with Crippen LogP contribution in [0.3, 0.4) is 0 Å². The first-order chi connectivity index (χ1) is 10.2. The van der Waals surface area contributed by atoms with Crippen LogP contribution < -0.4 is 10.5 Å². The topological polar surface area (TPSA) is 98.9 Å². The maximum absolute atomic E-state index is 12.3. The summed E-state index contributed by atoms with van der Waals surface area (Å²) in [4.78, 5) is 24.5. The molecule has 1 aromatic rings. The number of nitrogens with two attached hydrogens (primary N) is 1. The summed E-state index contributed by atoms with van der Waals surface area (Å²) in [5, 5.41) is 9.65. The summed E-state index contributed by atoms with van der Waals surface area (Å²) in [5.74, 6) is -0.0777. The zero-order chi connectivity index (χ0) is 16.5. The number of aliphatic hydroxyl groups excluding tert-OH is 1. The molecule has 120 valence electrons. The molecular formula is C16H21NO5. The third-order valence-electron chi connectivity index (χ3n) is 3.54. The van der Waals surface area contributed by atoms with Gasteiger partial charge in [-0.15, -0.1) is 0 Å². The molecule has 0 fully saturated rings. The number of aliphatic hydroxyl groups is 1. The van der Waals surface area contributed by atoms with Gasteiger partial charge in [0, 0.05) is 19.1 Å². The van der Waals surface area contributed by atoms with E-state index >= 15 is 0 Å². The first-order valence-electron chi connectivity index (χ1n) is 7.10. The second kappa shape index (κ2) is 6.06. The van der Waals surface area contributed by atoms with Gasteiger partial charge in [-0.1, -0.05) is 0 Å². The Balaban J connectivity index is 2.32. The van der Waals surface area contributed by atoms with Crippen LogP contribution in [-0.2, 0) is 4.74 Å². The molecule has 1 unspecified atom stereocenters. The van der Waals surface area contributed by atoms with Gasteiger partial charge in [-0.25, -0.2) is 0 Å². The molecule has 2 rings (SSSR count). The van der Waals surface area contributed by atoms with Gasteiger partial charge in [0.05, 0.1) is 30.4 Å². The van der Waals surface area contributed by atoms with Crippen molar-refractivity contribution in [2.24, 2.45) is 0 Å². The Bertz CT molecular complexity index is 609. The highest BCUT2D eigenvalue weighted by atomic mass is 16.5. The highest BCUT2D eigenvalue weighted by Crippen LogP contribution is 2.38. The van der Waals surface area contributed by atoms with Gasteiger partial charge in [-0.2, -0.15) is 0 Å². The van der Waals surface area contributed by atoms with Gasteiger partial charge in [0.2, 0.25) is 0 Å². The number of hydrogen-bond acceptors (Lipinski definition) is 6. The summed E-state index contributed by atoms with van der Waals surface area (Å²) < 4.78 is 10.5. The van der Waals surface area contributed by atoms with Crippen LogP contribution in [0.1, 0.15) is 47.4 Å². The van der Waals surface area contributed by atoms with E-state index in [2.05, 4.69) is 0 Å². The molecule has 0 saturated heterocycles. The molecule has 6 nitrogen and oxygen atoms in total. The highest BCUT2D eigenvalue weighted by molar-refractivity contribution is 6.11. The Hall–Kier alpha value is -1.92. The largest absolute Gasteiger partial charge is 0.487 e. The molecule has 1 atom stereocenters. The fourth-order valence-corrected chi connectivity index (χ4v) is 2.60. The SMILES string of the molecule is COCC(O)CC(=O)c1ccc2c(c1N)C(=O)CC(C)(C)O2. The van der Waals surface area contributed by atoms with E-state index in [0.29, 0.717) is 5.75 Å². The predicted molar refractivity (Wildman–Crippen MR) is 81.3 cm³/mol. The minimum Gasteiger partial charge on any atom is -0.487 e. The molecule has 3 N–H and O–H groups in total. The van der Waals surface area contributed by atoms with Crippen molar-refractivity contribution in [3.8, 4) is 5.75 Å². The lowest BCUT2D eigenvalue weighted by Gasteiger charge is -2.32. The lowest BCUT2D eigenvalue weighted by atomic mass is 9.89. The number of nitrogen functional groups attached to an aromatic ring is 1. The Morgan fingerprint density at radius 1 is 1.50 bits per heavy atom. The van der Waals surface area contributed by atoms with Gasteiger partial charge in [-0.05, 0) is 26.0 Å². The van der Waals surface area contributed by atoms with E-state index in [0.717, 1.165) is 0 Å². The van der Waals surface area contributed by atoms with Gasteiger partial charge in [0.1, 0.15) is 11.4 Å². The molecule has 0 bridgehead atoms. The molecule has 0 amide bonds. The van der Waals surface area contributed by atoms with Crippen molar-refractivity contribution in [1.82, 2.24) is 0 Å². The van der Waals surface area contributed by atoms with E-state index in [1.54, 1.807) is 6.07 Å². The quantitative estimate of drug-likeness (QED) is 0.633. The first-order valence-corrected chi connectivity index (χ1v) is 7.10. The van der Waals surface area contributed by atoms with Gasteiger partial charge < -0.3 is 20.3 Å². The summed E-state index contributed by atoms with van der Waals surface area (Å²) in [6, 6.07) is 3.12. The number of carbonyl (C=O) groups excluding carboxylic acids is 2. The second-order valence-electron chi connectivity index (χ2n) is 6.10. The van der Waals surface area contributed by atoms with Gasteiger partial charge in [0.15, 0.2) is 11.6 Å². The molecule has 6 heteroatoms. The van der Waals surface area contributed by atoms with Gasteiger partial charge in [0.25, 0.3) is 0 Å². The third-order valence-corrected chi connectivity index (χ3v) is 3.54. The first kappa shape index (κ1) is 16.5. The number of anilines is 1. The van der Waals surface area contributed by atoms with Crippen molar-refractivity contribution in [3.05, 3.63) is 23.3 Å². The number of benzene rings is 1. The normalized spacial score (nSPS) is 17.5. The minimum atomic E-state index is -0.904. The Morgan fingerprint density at radius 3 is 2.82 bits per heavy atom. The molecule has 0 spiro atoms. The van der Waals surface area contributed by atoms with E-state index in [1.165, 1.54) is 13.2 Å². The number of fused-ring (bicyclic) bond motifs is 1. The number of methoxy groups -OCH3 is 1. The average molecular weight is 307 g/mol. The standard InChI is InChI=1S/C16H21NO5/c1-16(2)7-12(20)14-13(22-16)5-4-10(15(14)17)11(19)6-9(18)8-21-3/h4-5,9,18H,6-8,17H2,1-3H3. The molecule has 0 aromatic heterocycles. The molecule has 1 aliphatic heterocycles. The zero-order valence-electron chi connectivity index (χ0n) is 13.0. The highest BCUT2D eigenvalue weighted by Gasteiger charge is 2.35. The third kappa shape index (κ3) is 3.28. The van der Waals surface area contributed by atoms with Gasteiger partial charge in [-0.3, -0.25) is 9.59 Å². The van der Waals surface area contributed by atoms with Crippen LogP contribution in [-0.4, -0.2) is 42.1 Å². The monoisotopic (exact) mass is 307 g/mol. The van der Waals surface area contributed by atoms with Crippen molar-refractivity contribution in [1.29, 1.82) is 0 Å². The molecule has 22 heavy (non-hydrogen) atoms. The Morgan fingerprint density at radius 2 is 2.18 bits per heavy atom. The summed E-state index contributed by atoms with van der Waals surface area (Å²) in [6.07, 6.45) is -0.815. The zero-order valence-corrected chi connectivity index (χ0v) is 13.0. The van der Waals surface area contributed by atoms with E-state index in [-0.39, 0.29) is 47.8 Å². The molecular weight excluding hydrogens is 286 g/mol. The number of rotatable bonds is 5. The van der Waals surface area contributed by atoms with Crippen molar-refractivity contribution < 1.29 is 24.2 Å². The van der Waals surface area contributed by atoms with Crippen LogP contribution in [0, 0.1) is 0 Å². The lowest BCUT2D eigenvalue weighted by molar-refractivity contribution is 0.0536. The number of carbonyl (C=O) groups is 2. The van der Waals surface area contributed by atoms with E-state index < -0.39 is 11.7 Å². The number of hydrogen-bond donors (Lipinski definition) is 2. The van der Waals surface area contributed by atoms with E-state index in [4.69, 9.17) is 15.2 Å². The molecule has 0 saturated carbocycles. The van der Waals surface area contributed by atoms with Crippen LogP contribution in [0.2, 0.25) is 0 Å². The molecule has 1 heterocycles. The fourth-order valence-electron chi connectivity index (χ4n) is 2.60. The van der Waals surface area contributed by atoms with Crippen LogP contribution >= 0.6 is 0 Å². The Kier molecular flexibility index (Phi) is 4.53. The Labute approximate surface area is 129 Å². The predicted octanol–water partition coefficient (Wildman–Crippen LogP) is 1.59.